The molecule has 0 aliphatic heterocycles. The van der Waals surface area contributed by atoms with E-state index < -0.39 is 0 Å². The lowest BCUT2D eigenvalue weighted by molar-refractivity contribution is -0.130. The standard InChI is InChI=1S/C15H30N2O/c1-5-15(6-2,7-3)17-14(18)13-10-12(16)9-8-11(13)4/h11-13H,5-10,16H2,1-4H3,(H,17,18). The molecule has 0 spiro atoms. The van der Waals surface area contributed by atoms with Crippen molar-refractivity contribution in [3.63, 3.8) is 0 Å². The van der Waals surface area contributed by atoms with Gasteiger partial charge in [0.1, 0.15) is 0 Å². The van der Waals surface area contributed by atoms with Gasteiger partial charge < -0.3 is 11.1 Å². The molecule has 0 bridgehead atoms. The van der Waals surface area contributed by atoms with Crippen LogP contribution in [-0.4, -0.2) is 17.5 Å². The molecule has 1 fully saturated rings. The molecule has 0 radical (unpaired) electrons. The number of rotatable bonds is 5. The first-order chi connectivity index (χ1) is 8.48. The van der Waals surface area contributed by atoms with Gasteiger partial charge in [-0.05, 0) is 44.4 Å². The zero-order valence-electron chi connectivity index (χ0n) is 12.5. The first-order valence-corrected chi connectivity index (χ1v) is 7.55. The number of carbonyl (C=O) groups excluding carboxylic acids is 1. The number of nitrogens with one attached hydrogen (secondary N) is 1. The van der Waals surface area contributed by atoms with E-state index in [0.717, 1.165) is 38.5 Å². The van der Waals surface area contributed by atoms with Gasteiger partial charge in [-0.3, -0.25) is 4.79 Å². The molecule has 106 valence electrons. The first-order valence-electron chi connectivity index (χ1n) is 7.55. The third kappa shape index (κ3) is 3.47. The van der Waals surface area contributed by atoms with E-state index in [4.69, 9.17) is 5.73 Å². The third-order valence-electron chi connectivity index (χ3n) is 4.99. The fourth-order valence-electron chi connectivity index (χ4n) is 3.09. The summed E-state index contributed by atoms with van der Waals surface area (Å²) in [6, 6.07) is 0.205. The van der Waals surface area contributed by atoms with Gasteiger partial charge in [-0.15, -0.1) is 0 Å². The van der Waals surface area contributed by atoms with E-state index in [1.165, 1.54) is 0 Å². The molecule has 1 saturated carbocycles. The van der Waals surface area contributed by atoms with Gasteiger partial charge in [0, 0.05) is 17.5 Å². The molecule has 0 aromatic carbocycles. The van der Waals surface area contributed by atoms with Crippen molar-refractivity contribution in [3.8, 4) is 0 Å². The van der Waals surface area contributed by atoms with Crippen LogP contribution < -0.4 is 11.1 Å². The number of hydrogen-bond donors (Lipinski definition) is 2. The second-order valence-corrected chi connectivity index (χ2v) is 5.99. The number of carbonyl (C=O) groups is 1. The fourth-order valence-corrected chi connectivity index (χ4v) is 3.09. The van der Waals surface area contributed by atoms with Crippen molar-refractivity contribution in [2.75, 3.05) is 0 Å². The van der Waals surface area contributed by atoms with E-state index in [0.29, 0.717) is 5.92 Å². The van der Waals surface area contributed by atoms with Crippen molar-refractivity contribution in [3.05, 3.63) is 0 Å². The summed E-state index contributed by atoms with van der Waals surface area (Å²) in [5, 5.41) is 3.31. The van der Waals surface area contributed by atoms with E-state index in [1.54, 1.807) is 0 Å². The van der Waals surface area contributed by atoms with Gasteiger partial charge >= 0.3 is 0 Å². The monoisotopic (exact) mass is 254 g/mol. The Morgan fingerprint density at radius 3 is 2.28 bits per heavy atom. The molecule has 1 rings (SSSR count). The summed E-state index contributed by atoms with van der Waals surface area (Å²) >= 11 is 0. The van der Waals surface area contributed by atoms with Crippen molar-refractivity contribution in [1.82, 2.24) is 5.32 Å². The number of hydrogen-bond acceptors (Lipinski definition) is 2. The molecule has 1 aliphatic carbocycles. The Bertz CT molecular complexity index is 265. The van der Waals surface area contributed by atoms with E-state index in [9.17, 15) is 4.79 Å². The first kappa shape index (κ1) is 15.5. The second kappa shape index (κ2) is 6.55. The molecule has 3 atom stereocenters. The summed E-state index contributed by atoms with van der Waals surface area (Å²) in [6.45, 7) is 8.65. The molecule has 18 heavy (non-hydrogen) atoms. The summed E-state index contributed by atoms with van der Waals surface area (Å²) in [6.07, 6.45) is 5.99. The molecular formula is C15H30N2O. The zero-order chi connectivity index (χ0) is 13.8. The molecule has 3 N–H and O–H groups in total. The van der Waals surface area contributed by atoms with Crippen LogP contribution in [0.4, 0.5) is 0 Å². The maximum Gasteiger partial charge on any atom is 0.223 e. The van der Waals surface area contributed by atoms with Crippen LogP contribution in [-0.2, 0) is 4.79 Å². The fraction of sp³-hybridized carbons (Fsp3) is 0.933. The second-order valence-electron chi connectivity index (χ2n) is 5.99. The van der Waals surface area contributed by atoms with Crippen LogP contribution in [0.3, 0.4) is 0 Å². The van der Waals surface area contributed by atoms with Gasteiger partial charge in [-0.25, -0.2) is 0 Å². The van der Waals surface area contributed by atoms with Gasteiger partial charge in [-0.1, -0.05) is 27.7 Å². The van der Waals surface area contributed by atoms with E-state index in [-0.39, 0.29) is 23.4 Å². The summed E-state index contributed by atoms with van der Waals surface area (Å²) in [7, 11) is 0. The Balaban J connectivity index is 2.68. The average Bonchev–Trinajstić information content (AvgIpc) is 2.38. The highest BCUT2D eigenvalue weighted by atomic mass is 16.2. The van der Waals surface area contributed by atoms with Gasteiger partial charge in [0.25, 0.3) is 0 Å². The summed E-state index contributed by atoms with van der Waals surface area (Å²) in [5.74, 6) is 0.800. The third-order valence-corrected chi connectivity index (χ3v) is 4.99. The van der Waals surface area contributed by atoms with Crippen LogP contribution in [0.1, 0.15) is 66.2 Å². The molecule has 3 heteroatoms. The zero-order valence-corrected chi connectivity index (χ0v) is 12.5. The van der Waals surface area contributed by atoms with Crippen LogP contribution in [0.5, 0.6) is 0 Å². The summed E-state index contributed by atoms with van der Waals surface area (Å²) < 4.78 is 0. The van der Waals surface area contributed by atoms with Crippen molar-refractivity contribution in [2.45, 2.75) is 77.8 Å². The smallest absolute Gasteiger partial charge is 0.223 e. The normalized spacial score (nSPS) is 29.1. The Kier molecular flexibility index (Phi) is 5.64. The minimum Gasteiger partial charge on any atom is -0.350 e. The van der Waals surface area contributed by atoms with Gasteiger partial charge in [-0.2, -0.15) is 0 Å². The minimum atomic E-state index is -0.0155. The van der Waals surface area contributed by atoms with Gasteiger partial charge in [0.05, 0.1) is 0 Å². The van der Waals surface area contributed by atoms with Crippen LogP contribution in [0.15, 0.2) is 0 Å². The molecule has 3 nitrogen and oxygen atoms in total. The van der Waals surface area contributed by atoms with Crippen molar-refractivity contribution < 1.29 is 4.79 Å². The lowest BCUT2D eigenvalue weighted by atomic mass is 9.77. The van der Waals surface area contributed by atoms with Crippen LogP contribution >= 0.6 is 0 Å². The lowest BCUT2D eigenvalue weighted by Crippen LogP contribution is -2.51. The minimum absolute atomic E-state index is 0.0155. The van der Waals surface area contributed by atoms with Gasteiger partial charge in [0.15, 0.2) is 0 Å². The molecule has 3 unspecified atom stereocenters. The maximum atomic E-state index is 12.5. The van der Waals surface area contributed by atoms with Crippen molar-refractivity contribution in [2.24, 2.45) is 17.6 Å². The molecule has 0 saturated heterocycles. The molecule has 1 aliphatic rings. The van der Waals surface area contributed by atoms with Crippen LogP contribution in [0, 0.1) is 11.8 Å². The predicted octanol–water partition coefficient (Wildman–Crippen LogP) is 2.83. The van der Waals surface area contributed by atoms with E-state index in [2.05, 4.69) is 33.0 Å². The molecule has 1 amide bonds. The SMILES string of the molecule is CCC(CC)(CC)NC(=O)C1CC(N)CCC1C. The highest BCUT2D eigenvalue weighted by Gasteiger charge is 2.35. The number of nitrogens with two attached hydrogens (primary N) is 1. The Labute approximate surface area is 112 Å². The van der Waals surface area contributed by atoms with Crippen LogP contribution in [0.25, 0.3) is 0 Å². The lowest BCUT2D eigenvalue weighted by Gasteiger charge is -2.37. The summed E-state index contributed by atoms with van der Waals surface area (Å²) in [5.41, 5.74) is 5.99. The van der Waals surface area contributed by atoms with Crippen LogP contribution in [0.2, 0.25) is 0 Å². The Morgan fingerprint density at radius 1 is 1.22 bits per heavy atom. The van der Waals surface area contributed by atoms with E-state index in [1.807, 2.05) is 0 Å². The summed E-state index contributed by atoms with van der Waals surface area (Å²) in [4.78, 5) is 12.5. The molecule has 0 aromatic heterocycles. The Hall–Kier alpha value is -0.570. The quantitative estimate of drug-likeness (QED) is 0.792. The highest BCUT2D eigenvalue weighted by Crippen LogP contribution is 2.30. The van der Waals surface area contributed by atoms with Gasteiger partial charge in [0.2, 0.25) is 5.91 Å². The highest BCUT2D eigenvalue weighted by molar-refractivity contribution is 5.80. The predicted molar refractivity (Wildman–Crippen MR) is 76.2 cm³/mol. The topological polar surface area (TPSA) is 55.1 Å². The van der Waals surface area contributed by atoms with Crippen molar-refractivity contribution in [1.29, 1.82) is 0 Å². The van der Waals surface area contributed by atoms with E-state index >= 15 is 0 Å². The molecule has 0 aromatic rings. The molecule has 0 heterocycles. The van der Waals surface area contributed by atoms with Crippen molar-refractivity contribution >= 4 is 5.91 Å². The largest absolute Gasteiger partial charge is 0.350 e. The average molecular weight is 254 g/mol. The Morgan fingerprint density at radius 2 is 1.78 bits per heavy atom. The number of amides is 1. The molecular weight excluding hydrogens is 224 g/mol. The maximum absolute atomic E-state index is 12.5.